The fourth-order valence-electron chi connectivity index (χ4n) is 3.17. The number of fused-ring (bicyclic) bond motifs is 1. The highest BCUT2D eigenvalue weighted by Gasteiger charge is 2.13. The van der Waals surface area contributed by atoms with Crippen LogP contribution in [0.4, 0.5) is 0 Å². The van der Waals surface area contributed by atoms with Gasteiger partial charge in [-0.25, -0.2) is 9.78 Å². The zero-order valence-electron chi connectivity index (χ0n) is 16.1. The number of benzene rings is 1. The van der Waals surface area contributed by atoms with Gasteiger partial charge in [0.15, 0.2) is 0 Å². The number of amides is 1. The predicted molar refractivity (Wildman–Crippen MR) is 109 cm³/mol. The van der Waals surface area contributed by atoms with Gasteiger partial charge in [0.1, 0.15) is 11.3 Å². The first-order chi connectivity index (χ1) is 13.3. The van der Waals surface area contributed by atoms with E-state index in [0.29, 0.717) is 11.5 Å². The lowest BCUT2D eigenvalue weighted by atomic mass is 10.1. The molecular weight excluding hydrogens is 354 g/mol. The number of carboxylic acids is 1. The fourth-order valence-corrected chi connectivity index (χ4v) is 3.17. The summed E-state index contributed by atoms with van der Waals surface area (Å²) < 4.78 is 2.13. The molecule has 144 valence electrons. The third kappa shape index (κ3) is 4.28. The van der Waals surface area contributed by atoms with E-state index in [4.69, 9.17) is 0 Å². The topological polar surface area (TPSA) is 84.2 Å². The second kappa shape index (κ2) is 8.08. The quantitative estimate of drug-likeness (QED) is 0.640. The summed E-state index contributed by atoms with van der Waals surface area (Å²) in [6.07, 6.45) is 4.14. The minimum Gasteiger partial charge on any atom is -0.477 e. The van der Waals surface area contributed by atoms with Gasteiger partial charge in [-0.05, 0) is 54.3 Å². The summed E-state index contributed by atoms with van der Waals surface area (Å²) in [6, 6.07) is 13.6. The van der Waals surface area contributed by atoms with Crippen molar-refractivity contribution < 1.29 is 14.7 Å². The van der Waals surface area contributed by atoms with E-state index < -0.39 is 11.9 Å². The van der Waals surface area contributed by atoms with Gasteiger partial charge in [0.05, 0.1) is 0 Å². The lowest BCUT2D eigenvalue weighted by Crippen LogP contribution is -2.24. The summed E-state index contributed by atoms with van der Waals surface area (Å²) in [5.41, 5.74) is 3.55. The molecule has 0 saturated carbocycles. The smallest absolute Gasteiger partial charge is 0.352 e. The fraction of sp³-hybridized carbons (Fsp3) is 0.227. The summed E-state index contributed by atoms with van der Waals surface area (Å²) in [5.74, 6) is -1.10. The first-order valence-electron chi connectivity index (χ1n) is 9.13. The van der Waals surface area contributed by atoms with E-state index in [-0.39, 0.29) is 5.70 Å². The van der Waals surface area contributed by atoms with Gasteiger partial charge in [0.25, 0.3) is 0 Å². The number of carbonyl (C=O) groups excluding carboxylic acids is 1. The van der Waals surface area contributed by atoms with Crippen molar-refractivity contribution in [3.05, 3.63) is 65.6 Å². The highest BCUT2D eigenvalue weighted by Crippen LogP contribution is 2.25. The van der Waals surface area contributed by atoms with E-state index in [1.165, 1.54) is 18.7 Å². The Morgan fingerprint density at radius 2 is 1.93 bits per heavy atom. The minimum atomic E-state index is -1.18. The molecule has 0 fully saturated rings. The van der Waals surface area contributed by atoms with Crippen LogP contribution < -0.4 is 5.32 Å². The van der Waals surface area contributed by atoms with Crippen molar-refractivity contribution in [2.24, 2.45) is 5.92 Å². The first-order valence-corrected chi connectivity index (χ1v) is 9.13. The molecule has 6 nitrogen and oxygen atoms in total. The van der Waals surface area contributed by atoms with Crippen LogP contribution in [0.3, 0.4) is 0 Å². The van der Waals surface area contributed by atoms with Crippen LogP contribution in [0.2, 0.25) is 0 Å². The lowest BCUT2D eigenvalue weighted by Gasteiger charge is -2.12. The molecule has 0 saturated heterocycles. The van der Waals surface area contributed by atoms with Crippen molar-refractivity contribution >= 4 is 29.0 Å². The van der Waals surface area contributed by atoms with Gasteiger partial charge in [0, 0.05) is 29.9 Å². The highest BCUT2D eigenvalue weighted by atomic mass is 16.4. The van der Waals surface area contributed by atoms with Crippen LogP contribution in [0.5, 0.6) is 0 Å². The molecular formula is C22H23N3O3. The van der Waals surface area contributed by atoms with Gasteiger partial charge in [-0.3, -0.25) is 9.36 Å². The summed E-state index contributed by atoms with van der Waals surface area (Å²) >= 11 is 0. The van der Waals surface area contributed by atoms with Crippen molar-refractivity contribution in [2.75, 3.05) is 0 Å². The van der Waals surface area contributed by atoms with E-state index in [2.05, 4.69) is 34.8 Å². The molecule has 3 rings (SSSR count). The Balaban J connectivity index is 2.02. The van der Waals surface area contributed by atoms with Gasteiger partial charge < -0.3 is 10.4 Å². The van der Waals surface area contributed by atoms with Crippen molar-refractivity contribution in [3.8, 4) is 5.69 Å². The lowest BCUT2D eigenvalue weighted by molar-refractivity contribution is -0.134. The molecule has 0 radical (unpaired) electrons. The van der Waals surface area contributed by atoms with Gasteiger partial charge in [-0.1, -0.05) is 26.0 Å². The molecule has 3 aromatic rings. The van der Waals surface area contributed by atoms with E-state index in [0.717, 1.165) is 23.1 Å². The molecule has 1 amide bonds. The Morgan fingerprint density at radius 3 is 2.54 bits per heavy atom. The molecule has 2 aromatic heterocycles. The largest absolute Gasteiger partial charge is 0.477 e. The Hall–Kier alpha value is -3.41. The van der Waals surface area contributed by atoms with Crippen molar-refractivity contribution in [3.63, 3.8) is 0 Å². The number of carboxylic acid groups (broad SMARTS) is 1. The third-order valence-corrected chi connectivity index (χ3v) is 4.26. The minimum absolute atomic E-state index is 0.158. The Bertz CT molecular complexity index is 1050. The maximum absolute atomic E-state index is 11.3. The summed E-state index contributed by atoms with van der Waals surface area (Å²) in [7, 11) is 0. The normalized spacial score (nSPS) is 11.8. The molecule has 0 aliphatic rings. The maximum Gasteiger partial charge on any atom is 0.352 e. The Morgan fingerprint density at radius 1 is 1.21 bits per heavy atom. The van der Waals surface area contributed by atoms with Crippen LogP contribution in [-0.4, -0.2) is 26.5 Å². The number of rotatable bonds is 6. The van der Waals surface area contributed by atoms with Crippen LogP contribution in [0.25, 0.3) is 22.8 Å². The van der Waals surface area contributed by atoms with Gasteiger partial charge in [-0.15, -0.1) is 0 Å². The molecule has 2 N–H and O–H groups in total. The number of hydrogen-bond acceptors (Lipinski definition) is 3. The molecule has 28 heavy (non-hydrogen) atoms. The van der Waals surface area contributed by atoms with Gasteiger partial charge >= 0.3 is 5.97 Å². The number of aromatic nitrogens is 2. The molecule has 2 heterocycles. The molecule has 1 aromatic carbocycles. The molecule has 0 unspecified atom stereocenters. The average Bonchev–Trinajstić information content (AvgIpc) is 2.98. The predicted octanol–water partition coefficient (Wildman–Crippen LogP) is 3.79. The molecule has 0 aliphatic heterocycles. The first kappa shape index (κ1) is 19.4. The maximum atomic E-state index is 11.3. The standard InChI is InChI=1S/C22H23N3O3/c1-14(2)11-19-13-17-5-4-10-23-21(17)25(19)18-8-6-16(7-9-18)12-20(22(27)28)24-15(3)26/h4-10,12-14H,11H2,1-3H3,(H,24,26)(H,27,28). The Kier molecular flexibility index (Phi) is 5.59. The number of hydrogen-bond donors (Lipinski definition) is 2. The van der Waals surface area contributed by atoms with Crippen LogP contribution in [0, 0.1) is 5.92 Å². The van der Waals surface area contributed by atoms with Gasteiger partial charge in [0.2, 0.25) is 5.91 Å². The van der Waals surface area contributed by atoms with Crippen LogP contribution in [-0.2, 0) is 16.0 Å². The van der Waals surface area contributed by atoms with Crippen molar-refractivity contribution in [1.29, 1.82) is 0 Å². The summed E-state index contributed by atoms with van der Waals surface area (Å²) in [4.78, 5) is 27.0. The summed E-state index contributed by atoms with van der Waals surface area (Å²) in [5, 5.41) is 12.6. The van der Waals surface area contributed by atoms with Crippen molar-refractivity contribution in [2.45, 2.75) is 27.2 Å². The Labute approximate surface area is 163 Å². The van der Waals surface area contributed by atoms with Crippen LogP contribution >= 0.6 is 0 Å². The number of aliphatic carboxylic acids is 1. The molecule has 0 spiro atoms. The molecule has 0 bridgehead atoms. The average molecular weight is 377 g/mol. The van der Waals surface area contributed by atoms with Crippen LogP contribution in [0.15, 0.2) is 54.4 Å². The zero-order valence-corrected chi connectivity index (χ0v) is 16.1. The van der Waals surface area contributed by atoms with Crippen LogP contribution in [0.1, 0.15) is 32.0 Å². The second-order valence-corrected chi connectivity index (χ2v) is 7.12. The van der Waals surface area contributed by atoms with E-state index in [9.17, 15) is 14.7 Å². The number of carbonyl (C=O) groups is 2. The highest BCUT2D eigenvalue weighted by molar-refractivity contribution is 5.96. The summed E-state index contributed by atoms with van der Waals surface area (Å²) in [6.45, 7) is 5.64. The molecule has 0 aliphatic carbocycles. The second-order valence-electron chi connectivity index (χ2n) is 7.12. The number of nitrogens with one attached hydrogen (secondary N) is 1. The third-order valence-electron chi connectivity index (χ3n) is 4.26. The van der Waals surface area contributed by atoms with E-state index in [1.54, 1.807) is 6.20 Å². The molecule has 6 heteroatoms. The SMILES string of the molecule is CC(=O)NC(=Cc1ccc(-n2c(CC(C)C)cc3cccnc32)cc1)C(=O)O. The van der Waals surface area contributed by atoms with E-state index >= 15 is 0 Å². The van der Waals surface area contributed by atoms with Gasteiger partial charge in [-0.2, -0.15) is 0 Å². The number of nitrogens with zero attached hydrogens (tertiary/aromatic N) is 2. The van der Waals surface area contributed by atoms with Crippen molar-refractivity contribution in [1.82, 2.24) is 14.9 Å². The molecule has 0 atom stereocenters. The zero-order chi connectivity index (χ0) is 20.3. The number of pyridine rings is 1. The monoisotopic (exact) mass is 377 g/mol. The van der Waals surface area contributed by atoms with E-state index in [1.807, 2.05) is 36.4 Å².